The fraction of sp³-hybridized carbons (Fsp3) is 1.00. The lowest BCUT2D eigenvalue weighted by atomic mass is 10.2. The van der Waals surface area contributed by atoms with Gasteiger partial charge in [0.2, 0.25) is 0 Å². The summed E-state index contributed by atoms with van der Waals surface area (Å²) >= 11 is 0. The summed E-state index contributed by atoms with van der Waals surface area (Å²) in [6, 6.07) is 0.403. The van der Waals surface area contributed by atoms with E-state index in [1.54, 1.807) is 0 Å². The quantitative estimate of drug-likeness (QED) is 0.550. The van der Waals surface area contributed by atoms with Crippen LogP contribution in [0.1, 0.15) is 26.7 Å². The molecule has 1 saturated heterocycles. The third-order valence-electron chi connectivity index (χ3n) is 1.38. The smallest absolute Gasteiger partial charge is 0.0584 e. The maximum Gasteiger partial charge on any atom is 0.0584 e. The van der Waals surface area contributed by atoms with Crippen LogP contribution in [0.5, 0.6) is 0 Å². The number of hydrogen-bond donors (Lipinski definition) is 2. The van der Waals surface area contributed by atoms with Crippen LogP contribution in [0.25, 0.3) is 0 Å². The largest absolute Gasteiger partial charge is 0.395 e. The highest BCUT2D eigenvalue weighted by Gasteiger charge is 2.10. The number of aliphatic hydroxyl groups excluding tert-OH is 1. The Morgan fingerprint density at radius 3 is 2.44 bits per heavy atom. The van der Waals surface area contributed by atoms with Crippen molar-refractivity contribution in [3.63, 3.8) is 0 Å². The van der Waals surface area contributed by atoms with E-state index in [1.165, 1.54) is 6.42 Å². The molecule has 9 heavy (non-hydrogen) atoms. The molecule has 2 nitrogen and oxygen atoms in total. The Kier molecular flexibility index (Phi) is 5.99. The number of hydrogen-bond acceptors (Lipinski definition) is 2. The van der Waals surface area contributed by atoms with E-state index in [9.17, 15) is 0 Å². The molecule has 0 bridgehead atoms. The predicted molar refractivity (Wildman–Crippen MR) is 39.5 cm³/mol. The first-order chi connectivity index (χ1) is 4.43. The van der Waals surface area contributed by atoms with Crippen LogP contribution in [-0.4, -0.2) is 24.3 Å². The monoisotopic (exact) mass is 131 g/mol. The second-order valence-corrected chi connectivity index (χ2v) is 1.98. The maximum atomic E-state index is 8.50. The molecular formula is C7H17NO. The lowest BCUT2D eigenvalue weighted by Crippen LogP contribution is -2.24. The maximum absolute atomic E-state index is 8.50. The molecule has 0 amide bonds. The summed E-state index contributed by atoms with van der Waals surface area (Å²) < 4.78 is 0. The molecule has 1 fully saturated rings. The van der Waals surface area contributed by atoms with Gasteiger partial charge in [-0.3, -0.25) is 0 Å². The van der Waals surface area contributed by atoms with Crippen LogP contribution in [0.4, 0.5) is 0 Å². The summed E-state index contributed by atoms with van der Waals surface area (Å²) in [5, 5.41) is 11.7. The molecule has 2 heteroatoms. The van der Waals surface area contributed by atoms with Gasteiger partial charge in [-0.15, -0.1) is 0 Å². The average Bonchev–Trinajstić information content (AvgIpc) is 2.43. The number of nitrogens with one attached hydrogen (secondary N) is 1. The first-order valence-corrected chi connectivity index (χ1v) is 3.77. The predicted octanol–water partition coefficient (Wildman–Crippen LogP) is 0.757. The van der Waals surface area contributed by atoms with Gasteiger partial charge in [-0.2, -0.15) is 0 Å². The zero-order valence-electron chi connectivity index (χ0n) is 6.35. The van der Waals surface area contributed by atoms with Crippen molar-refractivity contribution in [3.8, 4) is 0 Å². The topological polar surface area (TPSA) is 32.3 Å². The van der Waals surface area contributed by atoms with E-state index in [-0.39, 0.29) is 0 Å². The Labute approximate surface area is 57.3 Å². The van der Waals surface area contributed by atoms with Gasteiger partial charge in [0, 0.05) is 6.04 Å². The number of aliphatic hydroxyl groups is 1. The first kappa shape index (κ1) is 8.92. The SMILES string of the molecule is CC.OCC1CCCN1. The van der Waals surface area contributed by atoms with E-state index in [1.807, 2.05) is 13.8 Å². The summed E-state index contributed by atoms with van der Waals surface area (Å²) in [5.74, 6) is 0. The fourth-order valence-corrected chi connectivity index (χ4v) is 0.913. The highest BCUT2D eigenvalue weighted by atomic mass is 16.3. The summed E-state index contributed by atoms with van der Waals surface area (Å²) in [6.45, 7) is 5.39. The van der Waals surface area contributed by atoms with Crippen molar-refractivity contribution < 1.29 is 5.11 Å². The number of rotatable bonds is 1. The van der Waals surface area contributed by atoms with Crippen LogP contribution in [-0.2, 0) is 0 Å². The minimum Gasteiger partial charge on any atom is -0.395 e. The van der Waals surface area contributed by atoms with Gasteiger partial charge >= 0.3 is 0 Å². The average molecular weight is 131 g/mol. The van der Waals surface area contributed by atoms with Crippen molar-refractivity contribution in [1.82, 2.24) is 5.32 Å². The molecule has 0 spiro atoms. The molecule has 0 aromatic heterocycles. The zero-order chi connectivity index (χ0) is 7.11. The van der Waals surface area contributed by atoms with Gasteiger partial charge in [-0.05, 0) is 19.4 Å². The minimum atomic E-state index is 0.306. The first-order valence-electron chi connectivity index (χ1n) is 3.77. The molecular weight excluding hydrogens is 114 g/mol. The van der Waals surface area contributed by atoms with Crippen molar-refractivity contribution in [1.29, 1.82) is 0 Å². The Morgan fingerprint density at radius 2 is 2.22 bits per heavy atom. The summed E-state index contributed by atoms with van der Waals surface area (Å²) in [5.41, 5.74) is 0. The molecule has 1 atom stereocenters. The van der Waals surface area contributed by atoms with E-state index in [0.29, 0.717) is 12.6 Å². The summed E-state index contributed by atoms with van der Waals surface area (Å²) in [4.78, 5) is 0. The van der Waals surface area contributed by atoms with E-state index < -0.39 is 0 Å². The van der Waals surface area contributed by atoms with Crippen molar-refractivity contribution in [2.45, 2.75) is 32.7 Å². The normalized spacial score (nSPS) is 25.0. The Balaban J connectivity index is 0.000000291. The van der Waals surface area contributed by atoms with Gasteiger partial charge in [-0.1, -0.05) is 13.8 Å². The standard InChI is InChI=1S/C5H11NO.C2H6/c7-4-5-2-1-3-6-5;1-2/h5-7H,1-4H2;1-2H3. The molecule has 1 heterocycles. The zero-order valence-corrected chi connectivity index (χ0v) is 6.35. The molecule has 0 aromatic rings. The molecule has 56 valence electrons. The molecule has 0 radical (unpaired) electrons. The van der Waals surface area contributed by atoms with Crippen LogP contribution < -0.4 is 5.32 Å². The van der Waals surface area contributed by atoms with Gasteiger partial charge in [0.15, 0.2) is 0 Å². The third-order valence-corrected chi connectivity index (χ3v) is 1.38. The van der Waals surface area contributed by atoms with Gasteiger partial charge in [0.05, 0.1) is 6.61 Å². The Morgan fingerprint density at radius 1 is 1.56 bits per heavy atom. The molecule has 0 saturated carbocycles. The molecule has 1 aliphatic heterocycles. The van der Waals surface area contributed by atoms with Crippen LogP contribution >= 0.6 is 0 Å². The van der Waals surface area contributed by atoms with Crippen molar-refractivity contribution in [2.24, 2.45) is 0 Å². The second kappa shape index (κ2) is 6.05. The highest BCUT2D eigenvalue weighted by Crippen LogP contribution is 2.02. The van der Waals surface area contributed by atoms with Crippen LogP contribution in [0.3, 0.4) is 0 Å². The van der Waals surface area contributed by atoms with Gasteiger partial charge in [-0.25, -0.2) is 0 Å². The van der Waals surface area contributed by atoms with Crippen molar-refractivity contribution in [2.75, 3.05) is 13.2 Å². The van der Waals surface area contributed by atoms with Crippen LogP contribution in [0.2, 0.25) is 0 Å². The molecule has 1 rings (SSSR count). The lowest BCUT2D eigenvalue weighted by molar-refractivity contribution is 0.255. The molecule has 1 aliphatic rings. The van der Waals surface area contributed by atoms with E-state index in [4.69, 9.17) is 5.11 Å². The van der Waals surface area contributed by atoms with E-state index >= 15 is 0 Å². The van der Waals surface area contributed by atoms with Crippen molar-refractivity contribution in [3.05, 3.63) is 0 Å². The van der Waals surface area contributed by atoms with E-state index in [0.717, 1.165) is 13.0 Å². The van der Waals surface area contributed by atoms with Crippen LogP contribution in [0.15, 0.2) is 0 Å². The Bertz CT molecular complexity index is 50.9. The summed E-state index contributed by atoms with van der Waals surface area (Å²) in [6.07, 6.45) is 2.38. The summed E-state index contributed by atoms with van der Waals surface area (Å²) in [7, 11) is 0. The second-order valence-electron chi connectivity index (χ2n) is 1.98. The molecule has 1 unspecified atom stereocenters. The third kappa shape index (κ3) is 3.49. The lowest BCUT2D eigenvalue weighted by Gasteiger charge is -2.01. The van der Waals surface area contributed by atoms with Crippen molar-refractivity contribution >= 4 is 0 Å². The van der Waals surface area contributed by atoms with Gasteiger partial charge < -0.3 is 10.4 Å². The highest BCUT2D eigenvalue weighted by molar-refractivity contribution is 4.71. The van der Waals surface area contributed by atoms with Gasteiger partial charge in [0.1, 0.15) is 0 Å². The van der Waals surface area contributed by atoms with E-state index in [2.05, 4.69) is 5.32 Å². The fourth-order valence-electron chi connectivity index (χ4n) is 0.913. The Hall–Kier alpha value is -0.0800. The molecule has 0 aromatic carbocycles. The minimum absolute atomic E-state index is 0.306. The van der Waals surface area contributed by atoms with Crippen LogP contribution in [0, 0.1) is 0 Å². The van der Waals surface area contributed by atoms with Gasteiger partial charge in [0.25, 0.3) is 0 Å². The molecule has 2 N–H and O–H groups in total. The molecule has 0 aliphatic carbocycles.